The number of fused-ring (bicyclic) bond motifs is 2. The van der Waals surface area contributed by atoms with Crippen LogP contribution in [0.5, 0.6) is 0 Å². The van der Waals surface area contributed by atoms with Gasteiger partial charge in [0.1, 0.15) is 11.4 Å². The Hall–Kier alpha value is -3.78. The van der Waals surface area contributed by atoms with Crippen molar-refractivity contribution in [2.45, 2.75) is 64.0 Å². The Morgan fingerprint density at radius 1 is 1.18 bits per heavy atom. The molecule has 7 nitrogen and oxygen atoms in total. The van der Waals surface area contributed by atoms with Crippen molar-refractivity contribution in [3.63, 3.8) is 0 Å². The first kappa shape index (κ1) is 25.9. The quantitative estimate of drug-likeness (QED) is 0.439. The van der Waals surface area contributed by atoms with Gasteiger partial charge in [0.2, 0.25) is 5.91 Å². The van der Waals surface area contributed by atoms with Crippen molar-refractivity contribution in [2.24, 2.45) is 11.1 Å². The number of rotatable bonds is 7. The molecule has 1 fully saturated rings. The summed E-state index contributed by atoms with van der Waals surface area (Å²) in [6, 6.07) is 13.5. The second kappa shape index (κ2) is 9.20. The molecule has 0 radical (unpaired) electrons. The summed E-state index contributed by atoms with van der Waals surface area (Å²) in [5, 5.41) is 19.3. The predicted octanol–water partition coefficient (Wildman–Crippen LogP) is 4.11. The van der Waals surface area contributed by atoms with Crippen molar-refractivity contribution in [2.75, 3.05) is 0 Å². The summed E-state index contributed by atoms with van der Waals surface area (Å²) in [5.41, 5.74) is 8.05. The molecule has 2 aliphatic rings. The summed E-state index contributed by atoms with van der Waals surface area (Å²) in [6.07, 6.45) is 6.95. The minimum Gasteiger partial charge on any atom is -0.389 e. The molecule has 0 spiro atoms. The summed E-state index contributed by atoms with van der Waals surface area (Å²) in [4.78, 5) is 24.7. The number of hydrogen-bond acceptors (Lipinski definition) is 4. The number of primary amides is 1. The number of aliphatic hydroxyl groups is 1. The van der Waals surface area contributed by atoms with Crippen molar-refractivity contribution in [3.8, 4) is 5.69 Å². The SMILES string of the molecule is CC(C)(NC(=O)c1ccccc1CC[C@]1(O)CCC2=Cc3c(cnn3-c3ccc(F)cc3)C[C@@]21C)C(N)=O. The lowest BCUT2D eigenvalue weighted by atomic mass is 9.65. The molecule has 4 N–H and O–H groups in total. The Morgan fingerprint density at radius 3 is 2.61 bits per heavy atom. The first-order chi connectivity index (χ1) is 17.9. The molecule has 5 rings (SSSR count). The zero-order valence-electron chi connectivity index (χ0n) is 21.9. The molecule has 2 aromatic carbocycles. The normalized spacial score (nSPS) is 22.4. The van der Waals surface area contributed by atoms with E-state index in [2.05, 4.69) is 23.4 Å². The number of carbonyl (C=O) groups is 2. The van der Waals surface area contributed by atoms with Gasteiger partial charge in [0.25, 0.3) is 5.91 Å². The van der Waals surface area contributed by atoms with E-state index in [1.165, 1.54) is 17.7 Å². The second-order valence-electron chi connectivity index (χ2n) is 11.3. The van der Waals surface area contributed by atoms with Crippen molar-refractivity contribution in [3.05, 3.63) is 88.5 Å². The molecule has 0 aliphatic heterocycles. The molecule has 0 bridgehead atoms. The molecule has 38 heavy (non-hydrogen) atoms. The zero-order chi connectivity index (χ0) is 27.3. The Morgan fingerprint density at radius 2 is 1.89 bits per heavy atom. The van der Waals surface area contributed by atoms with Crippen molar-refractivity contribution in [1.29, 1.82) is 0 Å². The molecule has 1 saturated carbocycles. The van der Waals surface area contributed by atoms with E-state index in [9.17, 15) is 19.1 Å². The summed E-state index contributed by atoms with van der Waals surface area (Å²) in [5.74, 6) is -1.28. The maximum atomic E-state index is 13.4. The number of aromatic nitrogens is 2. The molecule has 3 aromatic rings. The Labute approximate surface area is 221 Å². The van der Waals surface area contributed by atoms with Gasteiger partial charge in [-0.25, -0.2) is 9.07 Å². The summed E-state index contributed by atoms with van der Waals surface area (Å²) >= 11 is 0. The predicted molar refractivity (Wildman–Crippen MR) is 143 cm³/mol. The van der Waals surface area contributed by atoms with E-state index in [1.54, 1.807) is 38.1 Å². The highest BCUT2D eigenvalue weighted by molar-refractivity contribution is 5.99. The topological polar surface area (TPSA) is 110 Å². The minimum absolute atomic E-state index is 0.294. The van der Waals surface area contributed by atoms with E-state index in [-0.39, 0.29) is 11.7 Å². The molecular formula is C30H33FN4O3. The Balaban J connectivity index is 1.37. The lowest BCUT2D eigenvalue weighted by molar-refractivity contribution is -0.122. The lowest BCUT2D eigenvalue weighted by Crippen LogP contribution is -2.53. The zero-order valence-corrected chi connectivity index (χ0v) is 21.9. The molecule has 1 aromatic heterocycles. The van der Waals surface area contributed by atoms with Gasteiger partial charge in [-0.2, -0.15) is 5.10 Å². The van der Waals surface area contributed by atoms with E-state index < -0.39 is 22.5 Å². The second-order valence-corrected chi connectivity index (χ2v) is 11.3. The van der Waals surface area contributed by atoms with Crippen molar-refractivity contribution in [1.82, 2.24) is 15.1 Å². The van der Waals surface area contributed by atoms with Crippen LogP contribution in [0.1, 0.15) is 67.2 Å². The van der Waals surface area contributed by atoms with Crippen molar-refractivity contribution >= 4 is 17.9 Å². The van der Waals surface area contributed by atoms with E-state index in [0.717, 1.165) is 28.9 Å². The summed E-state index contributed by atoms with van der Waals surface area (Å²) in [7, 11) is 0. The Bertz CT molecular complexity index is 1440. The number of benzene rings is 2. The van der Waals surface area contributed by atoms with Crippen LogP contribution in [0.15, 0.2) is 60.3 Å². The highest BCUT2D eigenvalue weighted by Gasteiger charge is 2.54. The monoisotopic (exact) mass is 516 g/mol. The molecule has 2 aliphatic carbocycles. The van der Waals surface area contributed by atoms with Crippen LogP contribution in [-0.4, -0.2) is 37.8 Å². The highest BCUT2D eigenvalue weighted by atomic mass is 19.1. The largest absolute Gasteiger partial charge is 0.389 e. The smallest absolute Gasteiger partial charge is 0.252 e. The van der Waals surface area contributed by atoms with Crippen LogP contribution in [0.25, 0.3) is 11.8 Å². The number of halogens is 1. The number of nitrogens with two attached hydrogens (primary N) is 1. The maximum Gasteiger partial charge on any atom is 0.252 e. The third kappa shape index (κ3) is 4.32. The van der Waals surface area contributed by atoms with Gasteiger partial charge < -0.3 is 16.2 Å². The molecule has 0 saturated heterocycles. The van der Waals surface area contributed by atoms with E-state index in [4.69, 9.17) is 5.73 Å². The molecule has 0 unspecified atom stereocenters. The molecule has 198 valence electrons. The molecule has 1 heterocycles. The summed E-state index contributed by atoms with van der Waals surface area (Å²) < 4.78 is 15.3. The van der Waals surface area contributed by atoms with Crippen LogP contribution in [0.2, 0.25) is 0 Å². The van der Waals surface area contributed by atoms with E-state index >= 15 is 0 Å². The van der Waals surface area contributed by atoms with Gasteiger partial charge >= 0.3 is 0 Å². The average molecular weight is 517 g/mol. The number of carbonyl (C=O) groups excluding carboxylic acids is 2. The van der Waals surface area contributed by atoms with Crippen LogP contribution < -0.4 is 11.1 Å². The fourth-order valence-corrected chi connectivity index (χ4v) is 5.83. The van der Waals surface area contributed by atoms with Crippen LogP contribution in [0.3, 0.4) is 0 Å². The lowest BCUT2D eigenvalue weighted by Gasteiger charge is -2.42. The van der Waals surface area contributed by atoms with Gasteiger partial charge in [-0.1, -0.05) is 30.7 Å². The molecule has 2 amide bonds. The number of nitrogens with one attached hydrogen (secondary N) is 1. The van der Waals surface area contributed by atoms with Gasteiger partial charge in [-0.05, 0) is 93.5 Å². The Kier molecular flexibility index (Phi) is 6.26. The first-order valence-corrected chi connectivity index (χ1v) is 12.9. The van der Waals surface area contributed by atoms with Gasteiger partial charge in [-0.15, -0.1) is 0 Å². The summed E-state index contributed by atoms with van der Waals surface area (Å²) in [6.45, 7) is 5.25. The van der Waals surface area contributed by atoms with Crippen LogP contribution in [0.4, 0.5) is 4.39 Å². The van der Waals surface area contributed by atoms with Gasteiger partial charge in [-0.3, -0.25) is 9.59 Å². The molecule has 2 atom stereocenters. The first-order valence-electron chi connectivity index (χ1n) is 12.9. The van der Waals surface area contributed by atoms with E-state index in [0.29, 0.717) is 31.2 Å². The minimum atomic E-state index is -1.18. The average Bonchev–Trinajstić information content (AvgIpc) is 3.39. The van der Waals surface area contributed by atoms with E-state index in [1.807, 2.05) is 23.0 Å². The number of amides is 2. The number of hydrogen-bond donors (Lipinski definition) is 3. The third-order valence-electron chi connectivity index (χ3n) is 8.47. The number of nitrogens with zero attached hydrogens (tertiary/aromatic N) is 2. The fourth-order valence-electron chi connectivity index (χ4n) is 5.83. The maximum absolute atomic E-state index is 13.4. The van der Waals surface area contributed by atoms with Gasteiger partial charge in [0.15, 0.2) is 0 Å². The fraction of sp³-hybridized carbons (Fsp3) is 0.367. The van der Waals surface area contributed by atoms with Gasteiger partial charge in [0, 0.05) is 11.0 Å². The molecule has 8 heteroatoms. The third-order valence-corrected chi connectivity index (χ3v) is 8.47. The van der Waals surface area contributed by atoms with Crippen LogP contribution in [-0.2, 0) is 17.6 Å². The number of aryl methyl sites for hydroxylation is 1. The van der Waals surface area contributed by atoms with Crippen LogP contribution >= 0.6 is 0 Å². The van der Waals surface area contributed by atoms with Crippen LogP contribution in [0, 0.1) is 11.2 Å². The molecular weight excluding hydrogens is 483 g/mol. The van der Waals surface area contributed by atoms with Gasteiger partial charge in [0.05, 0.1) is 23.2 Å². The van der Waals surface area contributed by atoms with Crippen molar-refractivity contribution < 1.29 is 19.1 Å². The highest BCUT2D eigenvalue weighted by Crippen LogP contribution is 2.56. The standard InChI is InChI=1S/C30H33FN4O3/c1-28(2,27(32)37)34-26(36)24-7-5-4-6-19(24)12-14-30(38)15-13-21-16-25-20(17-29(21,30)3)18-33-35(25)23-10-8-22(31)9-11-23/h4-11,16,18,38H,12-15,17H2,1-3H3,(H2,32,37)(H,34,36)/t29-,30-/m0/s1.